The third-order valence-electron chi connectivity index (χ3n) is 1.04. The minimum atomic E-state index is 0.0422. The molecule has 0 aliphatic carbocycles. The Bertz CT molecular complexity index is 224. The van der Waals surface area contributed by atoms with Crippen LogP contribution in [0.5, 0.6) is 5.75 Å². The summed E-state index contributed by atoms with van der Waals surface area (Å²) in [5.74, 6) is 0.0422. The van der Waals surface area contributed by atoms with Crippen LogP contribution in [0.3, 0.4) is 0 Å². The number of aryl methyl sites for hydroxylation is 1. The number of hydrogen-bond acceptors (Lipinski definition) is 2. The fourth-order valence-electron chi connectivity index (χ4n) is 0.569. The maximum atomic E-state index is 8.86. The van der Waals surface area contributed by atoms with E-state index >= 15 is 0 Å². The Morgan fingerprint density at radius 3 is 2.67 bits per heavy atom. The van der Waals surface area contributed by atoms with E-state index in [-0.39, 0.29) is 11.3 Å². The molecule has 0 unspecified atom stereocenters. The zero-order valence-electron chi connectivity index (χ0n) is 5.13. The third kappa shape index (κ3) is 1.22. The van der Waals surface area contributed by atoms with Crippen molar-refractivity contribution in [2.75, 3.05) is 0 Å². The minimum absolute atomic E-state index is 0.0422. The highest BCUT2D eigenvalue weighted by Gasteiger charge is 1.92. The van der Waals surface area contributed by atoms with E-state index < -0.39 is 0 Å². The van der Waals surface area contributed by atoms with Crippen LogP contribution in [0.25, 0.3) is 0 Å². The Kier molecular flexibility index (Phi) is 1.43. The highest BCUT2D eigenvalue weighted by atomic mass is 16.3. The number of pyridine rings is 1. The molecular formula is C6H6BNO. The Balaban J connectivity index is 3.17. The van der Waals surface area contributed by atoms with Gasteiger partial charge in [-0.15, -0.1) is 0 Å². The number of aromatic hydroxyl groups is 1. The van der Waals surface area contributed by atoms with Crippen LogP contribution in [0.4, 0.5) is 0 Å². The second-order valence-electron chi connectivity index (χ2n) is 1.86. The summed E-state index contributed by atoms with van der Waals surface area (Å²) in [7, 11) is 5.26. The fourth-order valence-corrected chi connectivity index (χ4v) is 0.569. The van der Waals surface area contributed by atoms with Gasteiger partial charge in [-0.2, -0.15) is 0 Å². The molecule has 1 aromatic heterocycles. The summed E-state index contributed by atoms with van der Waals surface area (Å²) in [6.07, 6.45) is 0. The standard InChI is InChI=1S/C6H6BNO/c1-4-2-3-5(9)6(7)8-4/h2-3,9H,1H3. The molecule has 0 spiro atoms. The van der Waals surface area contributed by atoms with Gasteiger partial charge in [-0.3, -0.25) is 4.98 Å². The molecule has 1 N–H and O–H groups in total. The summed E-state index contributed by atoms with van der Waals surface area (Å²) in [4.78, 5) is 3.80. The SMILES string of the molecule is [B]c1nc(C)ccc1O. The van der Waals surface area contributed by atoms with E-state index in [1.807, 2.05) is 6.92 Å². The second kappa shape index (κ2) is 2.09. The number of aromatic nitrogens is 1. The Labute approximate surface area is 55.0 Å². The quantitative estimate of drug-likeness (QED) is 0.483. The van der Waals surface area contributed by atoms with Crippen molar-refractivity contribution in [3.05, 3.63) is 17.8 Å². The molecular weight excluding hydrogens is 113 g/mol. The van der Waals surface area contributed by atoms with Crippen LogP contribution in [0.15, 0.2) is 12.1 Å². The molecule has 3 heteroatoms. The summed E-state index contributed by atoms with van der Waals surface area (Å²) in [5, 5.41) is 8.86. The van der Waals surface area contributed by atoms with E-state index in [0.29, 0.717) is 0 Å². The normalized spacial score (nSPS) is 9.44. The lowest BCUT2D eigenvalue weighted by atomic mass is 10.0. The molecule has 9 heavy (non-hydrogen) atoms. The largest absolute Gasteiger partial charge is 0.507 e. The number of nitrogens with zero attached hydrogens (tertiary/aromatic N) is 1. The van der Waals surface area contributed by atoms with Crippen LogP contribution < -0.4 is 5.59 Å². The van der Waals surface area contributed by atoms with E-state index in [4.69, 9.17) is 13.0 Å². The zero-order valence-corrected chi connectivity index (χ0v) is 5.13. The average Bonchev–Trinajstić information content (AvgIpc) is 1.80. The van der Waals surface area contributed by atoms with Gasteiger partial charge in [0.1, 0.15) is 13.6 Å². The molecule has 1 rings (SSSR count). The molecule has 2 radical (unpaired) electrons. The highest BCUT2D eigenvalue weighted by molar-refractivity contribution is 6.32. The van der Waals surface area contributed by atoms with Gasteiger partial charge in [-0.25, -0.2) is 0 Å². The van der Waals surface area contributed by atoms with Crippen molar-refractivity contribution in [3.8, 4) is 5.75 Å². The van der Waals surface area contributed by atoms with Crippen molar-refractivity contribution >= 4 is 13.4 Å². The number of rotatable bonds is 0. The van der Waals surface area contributed by atoms with Gasteiger partial charge in [0.05, 0.1) is 0 Å². The summed E-state index contributed by atoms with van der Waals surface area (Å²) in [5.41, 5.74) is 1.00. The summed E-state index contributed by atoms with van der Waals surface area (Å²) >= 11 is 0. The maximum Gasteiger partial charge on any atom is 0.147 e. The molecule has 1 aromatic rings. The lowest BCUT2D eigenvalue weighted by Gasteiger charge is -1.96. The van der Waals surface area contributed by atoms with Crippen LogP contribution in [-0.2, 0) is 0 Å². The van der Waals surface area contributed by atoms with E-state index in [2.05, 4.69) is 4.98 Å². The summed E-state index contributed by atoms with van der Waals surface area (Å²) in [6, 6.07) is 3.23. The molecule has 44 valence electrons. The molecule has 0 aliphatic heterocycles. The van der Waals surface area contributed by atoms with Crippen molar-refractivity contribution in [2.24, 2.45) is 0 Å². The van der Waals surface area contributed by atoms with Crippen molar-refractivity contribution in [1.82, 2.24) is 4.98 Å². The van der Waals surface area contributed by atoms with Crippen molar-refractivity contribution in [3.63, 3.8) is 0 Å². The molecule has 0 atom stereocenters. The smallest absolute Gasteiger partial charge is 0.147 e. The predicted molar refractivity (Wildman–Crippen MR) is 36.0 cm³/mol. The number of hydrogen-bond donors (Lipinski definition) is 1. The first-order chi connectivity index (χ1) is 4.20. The predicted octanol–water partition coefficient (Wildman–Crippen LogP) is -0.111. The van der Waals surface area contributed by atoms with Gasteiger partial charge in [0.2, 0.25) is 0 Å². The Hall–Kier alpha value is -0.985. The minimum Gasteiger partial charge on any atom is -0.507 e. The molecule has 1 heterocycles. The van der Waals surface area contributed by atoms with Crippen LogP contribution in [-0.4, -0.2) is 17.9 Å². The fraction of sp³-hybridized carbons (Fsp3) is 0.167. The van der Waals surface area contributed by atoms with Gasteiger partial charge < -0.3 is 5.11 Å². The lowest BCUT2D eigenvalue weighted by Crippen LogP contribution is -2.08. The van der Waals surface area contributed by atoms with E-state index in [0.717, 1.165) is 5.69 Å². The molecule has 0 aliphatic rings. The second-order valence-corrected chi connectivity index (χ2v) is 1.86. The molecule has 0 saturated carbocycles. The molecule has 0 fully saturated rings. The summed E-state index contributed by atoms with van der Waals surface area (Å²) < 4.78 is 0. The van der Waals surface area contributed by atoms with Crippen LogP contribution in [0.1, 0.15) is 5.69 Å². The first-order valence-electron chi connectivity index (χ1n) is 2.62. The lowest BCUT2D eigenvalue weighted by molar-refractivity contribution is 0.477. The van der Waals surface area contributed by atoms with E-state index in [1.54, 1.807) is 6.07 Å². The average molecular weight is 119 g/mol. The monoisotopic (exact) mass is 119 g/mol. The van der Waals surface area contributed by atoms with E-state index in [9.17, 15) is 0 Å². The van der Waals surface area contributed by atoms with Crippen molar-refractivity contribution in [1.29, 1.82) is 0 Å². The Morgan fingerprint density at radius 2 is 2.22 bits per heavy atom. The van der Waals surface area contributed by atoms with Gasteiger partial charge in [0, 0.05) is 11.3 Å². The maximum absolute atomic E-state index is 8.86. The highest BCUT2D eigenvalue weighted by Crippen LogP contribution is 2.00. The van der Waals surface area contributed by atoms with Crippen molar-refractivity contribution < 1.29 is 5.11 Å². The summed E-state index contributed by atoms with van der Waals surface area (Å²) in [6.45, 7) is 1.82. The molecule has 2 nitrogen and oxygen atoms in total. The Morgan fingerprint density at radius 1 is 1.56 bits per heavy atom. The van der Waals surface area contributed by atoms with Gasteiger partial charge in [0.25, 0.3) is 0 Å². The van der Waals surface area contributed by atoms with Gasteiger partial charge in [0.15, 0.2) is 0 Å². The first-order valence-corrected chi connectivity index (χ1v) is 2.62. The topological polar surface area (TPSA) is 33.1 Å². The molecule has 0 amide bonds. The molecule has 0 aromatic carbocycles. The molecule has 0 saturated heterocycles. The van der Waals surface area contributed by atoms with E-state index in [1.165, 1.54) is 6.07 Å². The van der Waals surface area contributed by atoms with Crippen LogP contribution >= 0.6 is 0 Å². The molecule has 0 bridgehead atoms. The zero-order chi connectivity index (χ0) is 6.85. The van der Waals surface area contributed by atoms with Gasteiger partial charge in [-0.05, 0) is 19.1 Å². The third-order valence-corrected chi connectivity index (χ3v) is 1.04. The van der Waals surface area contributed by atoms with Gasteiger partial charge in [-0.1, -0.05) is 0 Å². The van der Waals surface area contributed by atoms with Gasteiger partial charge >= 0.3 is 0 Å². The first kappa shape index (κ1) is 6.14. The van der Waals surface area contributed by atoms with Crippen LogP contribution in [0.2, 0.25) is 0 Å². The van der Waals surface area contributed by atoms with Crippen molar-refractivity contribution in [2.45, 2.75) is 6.92 Å². The van der Waals surface area contributed by atoms with Crippen LogP contribution in [0, 0.1) is 6.92 Å².